The van der Waals surface area contributed by atoms with E-state index in [0.717, 1.165) is 0 Å². The topological polar surface area (TPSA) is 0 Å². The Labute approximate surface area is 229 Å². The molecule has 0 nitrogen and oxygen atoms in total. The van der Waals surface area contributed by atoms with Crippen LogP contribution in [0.2, 0.25) is 0 Å². The molecule has 3 unspecified atom stereocenters. The van der Waals surface area contributed by atoms with Gasteiger partial charge in [-0.05, 0) is 54.5 Å². The fourth-order valence-corrected chi connectivity index (χ4v) is 10.8. The summed E-state index contributed by atoms with van der Waals surface area (Å²) in [6.07, 6.45) is 11.7. The summed E-state index contributed by atoms with van der Waals surface area (Å²) in [4.78, 5) is 0. The van der Waals surface area contributed by atoms with E-state index in [1.165, 1.54) is 43.8 Å². The standard InChI is InChI=1S/C37H36Si/c1-25-24-34-32(29-16-8-5-9-17-29)22-14-15-23-33(34)35(25)36-26(2)27(3)37(28(36)4)38(30-18-10-6-11-19-30)31-20-12-7-13-21-31/h5-24,28,32,35,38H,1-4H3. The van der Waals surface area contributed by atoms with E-state index < -0.39 is 8.80 Å². The van der Waals surface area contributed by atoms with Crippen LogP contribution in [0.25, 0.3) is 0 Å². The van der Waals surface area contributed by atoms with Crippen molar-refractivity contribution in [2.45, 2.75) is 33.6 Å². The van der Waals surface area contributed by atoms with E-state index in [0.29, 0.717) is 17.8 Å². The van der Waals surface area contributed by atoms with Crippen LogP contribution in [0.15, 0.2) is 160 Å². The second-order valence-corrected chi connectivity index (χ2v) is 13.8. The summed E-state index contributed by atoms with van der Waals surface area (Å²) in [5, 5.41) is 4.71. The molecule has 3 aliphatic rings. The van der Waals surface area contributed by atoms with Crippen LogP contribution >= 0.6 is 0 Å². The lowest BCUT2D eigenvalue weighted by molar-refractivity contribution is 0.719. The van der Waals surface area contributed by atoms with Crippen molar-refractivity contribution in [1.82, 2.24) is 0 Å². The molecular weight excluding hydrogens is 472 g/mol. The van der Waals surface area contributed by atoms with Crippen molar-refractivity contribution in [3.05, 3.63) is 166 Å². The molecule has 0 bridgehead atoms. The molecule has 3 aliphatic carbocycles. The van der Waals surface area contributed by atoms with Gasteiger partial charge in [0.1, 0.15) is 8.80 Å². The Morgan fingerprint density at radius 3 is 1.82 bits per heavy atom. The molecule has 0 spiro atoms. The maximum atomic E-state index is 2.49. The molecule has 0 amide bonds. The largest absolute Gasteiger partial charge is 0.129 e. The molecule has 0 radical (unpaired) electrons. The van der Waals surface area contributed by atoms with Crippen molar-refractivity contribution in [1.29, 1.82) is 0 Å². The summed E-state index contributed by atoms with van der Waals surface area (Å²) in [7, 11) is -1.60. The van der Waals surface area contributed by atoms with Crippen LogP contribution in [0.5, 0.6) is 0 Å². The molecule has 3 aromatic carbocycles. The SMILES string of the molecule is CC1=CC2=C(C=CC=CC2c2ccccc2)C1C1=C(C)C(C)=C([SiH](c2ccccc2)c2ccccc2)C1C. The highest BCUT2D eigenvalue weighted by molar-refractivity contribution is 6.91. The van der Waals surface area contributed by atoms with Crippen LogP contribution in [-0.4, -0.2) is 8.80 Å². The molecule has 3 atom stereocenters. The first-order chi connectivity index (χ1) is 18.6. The Morgan fingerprint density at radius 2 is 1.21 bits per heavy atom. The normalized spacial score (nSPS) is 22.9. The fraction of sp³-hybridized carbons (Fsp3) is 0.189. The molecule has 0 saturated heterocycles. The Morgan fingerprint density at radius 1 is 0.632 bits per heavy atom. The third kappa shape index (κ3) is 4.16. The zero-order chi connectivity index (χ0) is 26.2. The van der Waals surface area contributed by atoms with E-state index in [1.54, 1.807) is 10.8 Å². The van der Waals surface area contributed by atoms with Gasteiger partial charge in [-0.15, -0.1) is 0 Å². The molecule has 3 aromatic rings. The Balaban J connectivity index is 1.44. The van der Waals surface area contributed by atoms with E-state index in [2.05, 4.69) is 149 Å². The molecule has 38 heavy (non-hydrogen) atoms. The lowest BCUT2D eigenvalue weighted by Gasteiger charge is -2.28. The van der Waals surface area contributed by atoms with Gasteiger partial charge in [-0.2, -0.15) is 0 Å². The third-order valence-electron chi connectivity index (χ3n) is 8.92. The lowest BCUT2D eigenvalue weighted by atomic mass is 9.80. The van der Waals surface area contributed by atoms with Crippen LogP contribution in [0.4, 0.5) is 0 Å². The summed E-state index contributed by atoms with van der Waals surface area (Å²) in [5.41, 5.74) is 10.4. The lowest BCUT2D eigenvalue weighted by Crippen LogP contribution is -2.46. The molecule has 188 valence electrons. The zero-order valence-corrected chi connectivity index (χ0v) is 24.0. The van der Waals surface area contributed by atoms with Gasteiger partial charge in [-0.25, -0.2) is 0 Å². The van der Waals surface area contributed by atoms with Crippen molar-refractivity contribution >= 4 is 19.2 Å². The smallest absolute Gasteiger partial charge is 0.0726 e. The molecule has 0 heterocycles. The quantitative estimate of drug-likeness (QED) is 0.311. The predicted molar refractivity (Wildman–Crippen MR) is 166 cm³/mol. The van der Waals surface area contributed by atoms with Crippen LogP contribution < -0.4 is 10.4 Å². The molecular formula is C37H36Si. The monoisotopic (exact) mass is 508 g/mol. The highest BCUT2D eigenvalue weighted by Crippen LogP contribution is 2.51. The van der Waals surface area contributed by atoms with Crippen LogP contribution in [0.3, 0.4) is 0 Å². The molecule has 0 N–H and O–H groups in total. The molecule has 0 aromatic heterocycles. The minimum Gasteiger partial charge on any atom is -0.0726 e. The minimum absolute atomic E-state index is 0.294. The van der Waals surface area contributed by atoms with E-state index in [-0.39, 0.29) is 0 Å². The second-order valence-electron chi connectivity index (χ2n) is 11.0. The minimum atomic E-state index is -1.60. The zero-order valence-electron chi connectivity index (χ0n) is 22.9. The van der Waals surface area contributed by atoms with E-state index in [4.69, 9.17) is 0 Å². The molecule has 6 rings (SSSR count). The van der Waals surface area contributed by atoms with Gasteiger partial charge in [-0.3, -0.25) is 0 Å². The third-order valence-corrected chi connectivity index (χ3v) is 12.6. The van der Waals surface area contributed by atoms with E-state index >= 15 is 0 Å². The summed E-state index contributed by atoms with van der Waals surface area (Å²) >= 11 is 0. The highest BCUT2D eigenvalue weighted by atomic mass is 28.3. The maximum absolute atomic E-state index is 2.49. The van der Waals surface area contributed by atoms with Gasteiger partial charge in [0.2, 0.25) is 0 Å². The predicted octanol–water partition coefficient (Wildman–Crippen LogP) is 7.63. The molecule has 0 saturated carbocycles. The van der Waals surface area contributed by atoms with Crippen molar-refractivity contribution in [2.75, 3.05) is 0 Å². The molecule has 0 aliphatic heterocycles. The summed E-state index contributed by atoms with van der Waals surface area (Å²) in [6, 6.07) is 33.5. The van der Waals surface area contributed by atoms with Gasteiger partial charge in [0.25, 0.3) is 0 Å². The number of hydrogen-bond acceptors (Lipinski definition) is 0. The second kappa shape index (κ2) is 10.2. The van der Waals surface area contributed by atoms with Crippen molar-refractivity contribution < 1.29 is 0 Å². The Bertz CT molecular complexity index is 1490. The summed E-state index contributed by atoms with van der Waals surface area (Å²) in [5.74, 6) is 1.06. The average Bonchev–Trinajstić information content (AvgIpc) is 3.26. The Hall–Kier alpha value is -3.68. The van der Waals surface area contributed by atoms with Gasteiger partial charge in [0, 0.05) is 11.8 Å². The van der Waals surface area contributed by atoms with Crippen LogP contribution in [0, 0.1) is 11.8 Å². The van der Waals surface area contributed by atoms with E-state index in [1.807, 2.05) is 0 Å². The van der Waals surface area contributed by atoms with Gasteiger partial charge in [0.15, 0.2) is 0 Å². The first kappa shape index (κ1) is 24.6. The number of benzene rings is 3. The van der Waals surface area contributed by atoms with Crippen LogP contribution in [-0.2, 0) is 0 Å². The molecule has 0 fully saturated rings. The number of hydrogen-bond donors (Lipinski definition) is 0. The number of allylic oxidation sites excluding steroid dienone is 12. The van der Waals surface area contributed by atoms with Gasteiger partial charge < -0.3 is 0 Å². The first-order valence-electron chi connectivity index (χ1n) is 13.9. The molecule has 1 heteroatoms. The Kier molecular flexibility index (Phi) is 6.63. The average molecular weight is 509 g/mol. The first-order valence-corrected chi connectivity index (χ1v) is 15.6. The maximum Gasteiger partial charge on any atom is 0.129 e. The highest BCUT2D eigenvalue weighted by Gasteiger charge is 2.40. The van der Waals surface area contributed by atoms with E-state index in [9.17, 15) is 0 Å². The van der Waals surface area contributed by atoms with Crippen molar-refractivity contribution in [3.8, 4) is 0 Å². The van der Waals surface area contributed by atoms with Gasteiger partial charge in [0.05, 0.1) is 0 Å². The summed E-state index contributed by atoms with van der Waals surface area (Å²) in [6.45, 7) is 9.60. The van der Waals surface area contributed by atoms with Crippen molar-refractivity contribution in [3.63, 3.8) is 0 Å². The van der Waals surface area contributed by atoms with Crippen molar-refractivity contribution in [2.24, 2.45) is 11.8 Å². The fourth-order valence-electron chi connectivity index (χ4n) is 7.11. The number of rotatable bonds is 5. The van der Waals surface area contributed by atoms with Gasteiger partial charge >= 0.3 is 0 Å². The summed E-state index contributed by atoms with van der Waals surface area (Å²) < 4.78 is 0. The van der Waals surface area contributed by atoms with Crippen LogP contribution in [0.1, 0.15) is 39.2 Å². The van der Waals surface area contributed by atoms with Gasteiger partial charge in [-0.1, -0.05) is 155 Å².